The maximum Gasteiger partial charge on any atom is 0.110 e. The van der Waals surface area contributed by atoms with E-state index >= 15 is 0 Å². The highest BCUT2D eigenvalue weighted by molar-refractivity contribution is 5.13. The molecule has 0 bridgehead atoms. The molecule has 4 aliphatic rings. The Hall–Kier alpha value is -0.120. The lowest BCUT2D eigenvalue weighted by atomic mass is 9.55. The second-order valence-corrected chi connectivity index (χ2v) is 8.60. The maximum absolute atomic E-state index is 6.28. The van der Waals surface area contributed by atoms with Gasteiger partial charge in [-0.3, -0.25) is 0 Å². The van der Waals surface area contributed by atoms with Gasteiger partial charge in [-0.2, -0.15) is 0 Å². The predicted octanol–water partition coefficient (Wildman–Crippen LogP) is 3.02. The van der Waals surface area contributed by atoms with E-state index in [2.05, 4.69) is 34.6 Å². The largest absolute Gasteiger partial charge is 0.375 e. The highest BCUT2D eigenvalue weighted by Crippen LogP contribution is 2.61. The molecule has 2 saturated carbocycles. The average Bonchev–Trinajstić information content (AvgIpc) is 3.26. The van der Waals surface area contributed by atoms with Crippen LogP contribution in [0.25, 0.3) is 0 Å². The first-order valence-corrected chi connectivity index (χ1v) is 8.26. The van der Waals surface area contributed by atoms with Crippen LogP contribution in [0.5, 0.6) is 0 Å². The second kappa shape index (κ2) is 3.99. The van der Waals surface area contributed by atoms with Crippen LogP contribution in [0.4, 0.5) is 0 Å². The minimum atomic E-state index is 0.224. The third-order valence-corrected chi connectivity index (χ3v) is 6.90. The Balaban J connectivity index is 1.46. The van der Waals surface area contributed by atoms with Crippen LogP contribution < -0.4 is 0 Å². The summed E-state index contributed by atoms with van der Waals surface area (Å²) in [4.78, 5) is 0. The molecule has 2 saturated heterocycles. The zero-order valence-electron chi connectivity index (χ0n) is 13.4. The zero-order valence-corrected chi connectivity index (χ0v) is 13.4. The SMILES string of the molecule is CC1C(COC2CCC3OC23)C(C)(C)C2OC2C1(C)C. The van der Waals surface area contributed by atoms with Gasteiger partial charge in [-0.1, -0.05) is 34.6 Å². The molecule has 0 N–H and O–H groups in total. The van der Waals surface area contributed by atoms with Gasteiger partial charge in [0.1, 0.15) is 6.10 Å². The van der Waals surface area contributed by atoms with Crippen LogP contribution in [0.2, 0.25) is 0 Å². The van der Waals surface area contributed by atoms with E-state index in [4.69, 9.17) is 14.2 Å². The lowest BCUT2D eigenvalue weighted by molar-refractivity contribution is -0.0686. The number of rotatable bonds is 3. The van der Waals surface area contributed by atoms with Gasteiger partial charge < -0.3 is 14.2 Å². The Labute approximate surface area is 122 Å². The summed E-state index contributed by atoms with van der Waals surface area (Å²) in [7, 11) is 0. The minimum Gasteiger partial charge on any atom is -0.375 e. The molecule has 0 spiro atoms. The molecule has 3 heteroatoms. The van der Waals surface area contributed by atoms with Crippen molar-refractivity contribution in [2.45, 2.75) is 78.0 Å². The van der Waals surface area contributed by atoms with Gasteiger partial charge in [-0.25, -0.2) is 0 Å². The Bertz CT molecular complexity index is 416. The van der Waals surface area contributed by atoms with E-state index in [0.717, 1.165) is 6.61 Å². The van der Waals surface area contributed by atoms with E-state index in [1.807, 2.05) is 0 Å². The molecule has 4 rings (SSSR count). The fraction of sp³-hybridized carbons (Fsp3) is 1.00. The van der Waals surface area contributed by atoms with Crippen LogP contribution >= 0.6 is 0 Å². The van der Waals surface area contributed by atoms with E-state index in [-0.39, 0.29) is 10.8 Å². The van der Waals surface area contributed by atoms with Gasteiger partial charge in [0.15, 0.2) is 0 Å². The lowest BCUT2D eigenvalue weighted by Gasteiger charge is -2.48. The monoisotopic (exact) mass is 280 g/mol. The summed E-state index contributed by atoms with van der Waals surface area (Å²) in [6, 6.07) is 0. The van der Waals surface area contributed by atoms with E-state index < -0.39 is 0 Å². The molecule has 0 aromatic carbocycles. The van der Waals surface area contributed by atoms with E-state index in [0.29, 0.717) is 42.4 Å². The Kier molecular flexibility index (Phi) is 2.70. The molecule has 2 aliphatic heterocycles. The number of epoxide rings is 2. The standard InChI is InChI=1S/C17H28O3/c1-9-10(8-18-11-6-7-12-13(11)19-12)17(4,5)15-14(20-15)16(9,2)3/h9-15H,6-8H2,1-5H3. The first-order valence-electron chi connectivity index (χ1n) is 8.26. The molecule has 2 aliphatic carbocycles. The van der Waals surface area contributed by atoms with Gasteiger partial charge >= 0.3 is 0 Å². The second-order valence-electron chi connectivity index (χ2n) is 8.60. The van der Waals surface area contributed by atoms with Crippen LogP contribution in [0.15, 0.2) is 0 Å². The first-order chi connectivity index (χ1) is 9.33. The van der Waals surface area contributed by atoms with Crippen molar-refractivity contribution >= 4 is 0 Å². The maximum atomic E-state index is 6.28. The third-order valence-electron chi connectivity index (χ3n) is 6.90. The van der Waals surface area contributed by atoms with Crippen molar-refractivity contribution in [3.8, 4) is 0 Å². The fourth-order valence-corrected chi connectivity index (χ4v) is 4.85. The van der Waals surface area contributed by atoms with Crippen molar-refractivity contribution in [1.29, 1.82) is 0 Å². The van der Waals surface area contributed by atoms with E-state index in [9.17, 15) is 0 Å². The van der Waals surface area contributed by atoms with Crippen molar-refractivity contribution in [1.82, 2.24) is 0 Å². The molecule has 0 aromatic rings. The van der Waals surface area contributed by atoms with Gasteiger partial charge in [0.2, 0.25) is 0 Å². The normalized spacial score (nSPS) is 54.1. The van der Waals surface area contributed by atoms with Crippen LogP contribution in [0, 0.1) is 22.7 Å². The molecule has 0 amide bonds. The van der Waals surface area contributed by atoms with Crippen LogP contribution in [-0.2, 0) is 14.2 Å². The molecule has 0 radical (unpaired) electrons. The van der Waals surface area contributed by atoms with E-state index in [1.165, 1.54) is 12.8 Å². The Morgan fingerprint density at radius 3 is 2.30 bits per heavy atom. The summed E-state index contributed by atoms with van der Waals surface area (Å²) in [6.45, 7) is 12.7. The highest BCUT2D eigenvalue weighted by atomic mass is 16.6. The Morgan fingerprint density at radius 2 is 1.70 bits per heavy atom. The molecule has 3 nitrogen and oxygen atoms in total. The Morgan fingerprint density at radius 1 is 1.00 bits per heavy atom. The molecule has 0 aromatic heterocycles. The number of ether oxygens (including phenoxy) is 3. The summed E-state index contributed by atoms with van der Waals surface area (Å²) >= 11 is 0. The van der Waals surface area contributed by atoms with Crippen molar-refractivity contribution in [2.24, 2.45) is 22.7 Å². The molecular weight excluding hydrogens is 252 g/mol. The van der Waals surface area contributed by atoms with Crippen molar-refractivity contribution in [2.75, 3.05) is 6.61 Å². The van der Waals surface area contributed by atoms with Gasteiger partial charge in [0.25, 0.3) is 0 Å². The van der Waals surface area contributed by atoms with Crippen molar-refractivity contribution in [3.63, 3.8) is 0 Å². The van der Waals surface area contributed by atoms with Crippen LogP contribution in [-0.4, -0.2) is 37.1 Å². The topological polar surface area (TPSA) is 34.3 Å². The summed E-state index contributed by atoms with van der Waals surface area (Å²) in [5.41, 5.74) is 0.491. The van der Waals surface area contributed by atoms with Crippen LogP contribution in [0.1, 0.15) is 47.5 Å². The molecular formula is C17H28O3. The molecule has 2 heterocycles. The smallest absolute Gasteiger partial charge is 0.110 e. The molecule has 20 heavy (non-hydrogen) atoms. The fourth-order valence-electron chi connectivity index (χ4n) is 4.85. The lowest BCUT2D eigenvalue weighted by Crippen LogP contribution is -2.50. The van der Waals surface area contributed by atoms with E-state index in [1.54, 1.807) is 0 Å². The summed E-state index contributed by atoms with van der Waals surface area (Å²) in [6.07, 6.45) is 4.53. The molecule has 7 atom stereocenters. The highest BCUT2D eigenvalue weighted by Gasteiger charge is 2.66. The minimum absolute atomic E-state index is 0.224. The summed E-state index contributed by atoms with van der Waals surface area (Å²) in [5, 5.41) is 0. The number of hydrogen-bond donors (Lipinski definition) is 0. The molecule has 4 fully saturated rings. The molecule has 7 unspecified atom stereocenters. The van der Waals surface area contributed by atoms with Crippen molar-refractivity contribution < 1.29 is 14.2 Å². The number of fused-ring (bicyclic) bond motifs is 2. The van der Waals surface area contributed by atoms with Gasteiger partial charge in [-0.15, -0.1) is 0 Å². The quantitative estimate of drug-likeness (QED) is 0.745. The van der Waals surface area contributed by atoms with Gasteiger partial charge in [-0.05, 0) is 35.5 Å². The van der Waals surface area contributed by atoms with Gasteiger partial charge in [0.05, 0.1) is 31.0 Å². The average molecular weight is 280 g/mol. The van der Waals surface area contributed by atoms with Crippen LogP contribution in [0.3, 0.4) is 0 Å². The summed E-state index contributed by atoms with van der Waals surface area (Å²) < 4.78 is 17.9. The molecule has 114 valence electrons. The first kappa shape index (κ1) is 13.5. The zero-order chi connectivity index (χ0) is 14.3. The number of hydrogen-bond acceptors (Lipinski definition) is 3. The van der Waals surface area contributed by atoms with Crippen molar-refractivity contribution in [3.05, 3.63) is 0 Å². The van der Waals surface area contributed by atoms with Gasteiger partial charge in [0, 0.05) is 0 Å². The third kappa shape index (κ3) is 1.75. The predicted molar refractivity (Wildman–Crippen MR) is 76.5 cm³/mol. The summed E-state index contributed by atoms with van der Waals surface area (Å²) in [5.74, 6) is 1.19.